The van der Waals surface area contributed by atoms with Crippen molar-refractivity contribution in [2.45, 2.75) is 27.7 Å². The lowest BCUT2D eigenvalue weighted by atomic mass is 9.83. The normalized spacial score (nSPS) is 19.5. The van der Waals surface area contributed by atoms with Crippen LogP contribution in [0, 0.1) is 17.4 Å². The van der Waals surface area contributed by atoms with E-state index in [2.05, 4.69) is 61.8 Å². The fourth-order valence-corrected chi connectivity index (χ4v) is 2.10. The van der Waals surface area contributed by atoms with Gasteiger partial charge in [-0.25, -0.2) is 0 Å². The van der Waals surface area contributed by atoms with E-state index in [1.165, 1.54) is 0 Å². The van der Waals surface area contributed by atoms with Gasteiger partial charge in [0.25, 0.3) is 6.57 Å². The minimum absolute atomic E-state index is 0.0273. The number of fused-ring (bicyclic) bond motifs is 1. The Bertz CT molecular complexity index is 655. The highest BCUT2D eigenvalue weighted by Gasteiger charge is 2.20. The number of pyridine rings is 1. The van der Waals surface area contributed by atoms with Crippen molar-refractivity contribution in [1.82, 2.24) is 4.98 Å². The van der Waals surface area contributed by atoms with E-state index in [0.717, 1.165) is 16.3 Å². The molecule has 0 N–H and O–H groups in total. The first kappa shape index (κ1) is 12.6. The first-order valence-corrected chi connectivity index (χ1v) is 6.15. The molecule has 0 aliphatic heterocycles. The second-order valence-corrected chi connectivity index (χ2v) is 6.02. The predicted octanol–water partition coefficient (Wildman–Crippen LogP) is 2.86. The van der Waals surface area contributed by atoms with E-state index in [0.29, 0.717) is 0 Å². The van der Waals surface area contributed by atoms with Gasteiger partial charge < -0.3 is 0 Å². The highest BCUT2D eigenvalue weighted by molar-refractivity contribution is 5.55. The van der Waals surface area contributed by atoms with E-state index in [1.54, 1.807) is 6.20 Å². The molecular weight excluding hydrogens is 220 g/mol. The molecule has 0 bridgehead atoms. The van der Waals surface area contributed by atoms with Crippen molar-refractivity contribution in [2.75, 3.05) is 0 Å². The number of hydrogen-bond donors (Lipinski definition) is 0. The monoisotopic (exact) mass is 239 g/mol. The van der Waals surface area contributed by atoms with Crippen LogP contribution in [-0.2, 0) is 0 Å². The summed E-state index contributed by atoms with van der Waals surface area (Å²) in [6.07, 6.45) is 10.5. The summed E-state index contributed by atoms with van der Waals surface area (Å²) in [6, 6.07) is 1.84. The molecule has 1 aliphatic rings. The van der Waals surface area contributed by atoms with Crippen LogP contribution in [0.15, 0.2) is 24.4 Å². The predicted molar refractivity (Wildman–Crippen MR) is 77.1 cm³/mol. The van der Waals surface area contributed by atoms with Gasteiger partial charge in [-0.05, 0) is 10.9 Å². The molecule has 0 saturated carbocycles. The molecule has 92 valence electrons. The molecule has 18 heavy (non-hydrogen) atoms. The molecule has 0 spiro atoms. The van der Waals surface area contributed by atoms with Crippen molar-refractivity contribution in [3.05, 3.63) is 39.8 Å². The fraction of sp³-hybridized carbons (Fsp3) is 0.375. The van der Waals surface area contributed by atoms with Gasteiger partial charge in [0, 0.05) is 23.1 Å². The lowest BCUT2D eigenvalue weighted by molar-refractivity contribution is 0.616. The number of aromatic nitrogens is 1. The number of hydrogen-bond acceptors (Lipinski definition) is 1. The van der Waals surface area contributed by atoms with Crippen LogP contribution >= 0.6 is 0 Å². The van der Waals surface area contributed by atoms with Gasteiger partial charge in [-0.3, -0.25) is 4.98 Å². The molecular formula is C16H19N2+. The topological polar surface area (TPSA) is 17.2 Å². The zero-order valence-corrected chi connectivity index (χ0v) is 11.4. The van der Waals surface area contributed by atoms with Gasteiger partial charge in [0.05, 0.1) is 10.6 Å². The minimum Gasteiger partial charge on any atom is -0.256 e. The van der Waals surface area contributed by atoms with Gasteiger partial charge in [-0.15, -0.1) is 0 Å². The maximum Gasteiger partial charge on any atom is 0.350 e. The Morgan fingerprint density at radius 1 is 1.06 bits per heavy atom. The summed E-state index contributed by atoms with van der Waals surface area (Å²) in [6.45, 7) is 14.1. The van der Waals surface area contributed by atoms with Crippen LogP contribution in [0.1, 0.15) is 27.7 Å². The minimum atomic E-state index is -0.0389. The lowest BCUT2D eigenvalue weighted by Crippen LogP contribution is -2.33. The molecule has 0 atom stereocenters. The van der Waals surface area contributed by atoms with E-state index in [4.69, 9.17) is 6.57 Å². The number of rotatable bonds is 0. The first-order chi connectivity index (χ1) is 8.33. The largest absolute Gasteiger partial charge is 0.350 e. The highest BCUT2D eigenvalue weighted by atomic mass is 14.7. The molecule has 2 rings (SSSR count). The number of allylic oxidation sites excluding steroid dienone is 2. The zero-order valence-electron chi connectivity index (χ0n) is 11.4. The summed E-state index contributed by atoms with van der Waals surface area (Å²) in [5, 5.41) is 1.96. The summed E-state index contributed by atoms with van der Waals surface area (Å²) in [5.41, 5.74) is 0.721. The van der Waals surface area contributed by atoms with Gasteiger partial charge >= 0.3 is 5.69 Å². The Balaban J connectivity index is 2.93. The van der Waals surface area contributed by atoms with Crippen molar-refractivity contribution in [3.8, 4) is 6.57 Å². The summed E-state index contributed by atoms with van der Waals surface area (Å²) >= 11 is 0. The SMILES string of the molecule is C#[N+]c1ccnc2c1=CC(C)(C)C=CC(C)(C)C=2. The molecule has 1 aliphatic carbocycles. The second kappa shape index (κ2) is 4.10. The Hall–Kier alpha value is -1.88. The van der Waals surface area contributed by atoms with Crippen LogP contribution in [0.3, 0.4) is 0 Å². The van der Waals surface area contributed by atoms with E-state index < -0.39 is 0 Å². The van der Waals surface area contributed by atoms with Crippen LogP contribution in [0.4, 0.5) is 5.69 Å². The van der Waals surface area contributed by atoms with Crippen molar-refractivity contribution in [1.29, 1.82) is 0 Å². The average Bonchev–Trinajstić information content (AvgIpc) is 2.27. The molecule has 0 fully saturated rings. The third kappa shape index (κ3) is 2.51. The molecule has 1 aromatic heterocycles. The van der Waals surface area contributed by atoms with Crippen LogP contribution in [-0.4, -0.2) is 4.98 Å². The Labute approximate surface area is 108 Å². The van der Waals surface area contributed by atoms with Gasteiger partial charge in [-0.2, -0.15) is 0 Å². The van der Waals surface area contributed by atoms with Gasteiger partial charge in [0.15, 0.2) is 0 Å². The van der Waals surface area contributed by atoms with Crippen molar-refractivity contribution < 1.29 is 0 Å². The highest BCUT2D eigenvalue weighted by Crippen LogP contribution is 2.27. The molecule has 0 radical (unpaired) electrons. The number of nitrogens with zero attached hydrogens (tertiary/aromatic N) is 2. The Morgan fingerprint density at radius 2 is 1.67 bits per heavy atom. The summed E-state index contributed by atoms with van der Waals surface area (Å²) < 4.78 is 0. The molecule has 0 amide bonds. The van der Waals surface area contributed by atoms with Crippen LogP contribution in [0.25, 0.3) is 17.0 Å². The van der Waals surface area contributed by atoms with Crippen molar-refractivity contribution in [3.63, 3.8) is 0 Å². The van der Waals surface area contributed by atoms with Gasteiger partial charge in [0.2, 0.25) is 0 Å². The molecule has 0 saturated heterocycles. The lowest BCUT2D eigenvalue weighted by Gasteiger charge is -2.21. The average molecular weight is 239 g/mol. The third-order valence-corrected chi connectivity index (χ3v) is 3.10. The quantitative estimate of drug-likeness (QED) is 0.636. The molecule has 0 aromatic carbocycles. The van der Waals surface area contributed by atoms with Crippen LogP contribution < -0.4 is 10.6 Å². The standard InChI is InChI=1S/C16H19N2/c1-15(2)7-8-16(3,4)11-14-12(10-15)13(17-5)6-9-18-14/h5-11H,1-4H3/q+1. The maximum absolute atomic E-state index is 5.47. The molecule has 2 heteroatoms. The summed E-state index contributed by atoms with van der Waals surface area (Å²) in [7, 11) is 0. The summed E-state index contributed by atoms with van der Waals surface area (Å²) in [5.74, 6) is 0. The molecule has 2 nitrogen and oxygen atoms in total. The molecule has 0 unspecified atom stereocenters. The zero-order chi connectivity index (χ0) is 13.4. The molecule has 1 aromatic rings. The van der Waals surface area contributed by atoms with Gasteiger partial charge in [0.1, 0.15) is 0 Å². The summed E-state index contributed by atoms with van der Waals surface area (Å²) in [4.78, 5) is 8.31. The van der Waals surface area contributed by atoms with Crippen molar-refractivity contribution in [2.24, 2.45) is 10.8 Å². The van der Waals surface area contributed by atoms with E-state index in [1.807, 2.05) is 6.07 Å². The first-order valence-electron chi connectivity index (χ1n) is 6.15. The Kier molecular flexibility index (Phi) is 2.86. The third-order valence-electron chi connectivity index (χ3n) is 3.10. The van der Waals surface area contributed by atoms with Crippen LogP contribution in [0.2, 0.25) is 0 Å². The second-order valence-electron chi connectivity index (χ2n) is 6.02. The van der Waals surface area contributed by atoms with E-state index >= 15 is 0 Å². The van der Waals surface area contributed by atoms with E-state index in [9.17, 15) is 0 Å². The van der Waals surface area contributed by atoms with Crippen LogP contribution in [0.5, 0.6) is 0 Å². The fourth-order valence-electron chi connectivity index (χ4n) is 2.10. The van der Waals surface area contributed by atoms with Gasteiger partial charge in [-0.1, -0.05) is 45.9 Å². The van der Waals surface area contributed by atoms with E-state index in [-0.39, 0.29) is 10.8 Å². The van der Waals surface area contributed by atoms with Crippen molar-refractivity contribution >= 4 is 17.8 Å². The Morgan fingerprint density at radius 3 is 2.28 bits per heavy atom. The smallest absolute Gasteiger partial charge is 0.256 e. The molecule has 1 heterocycles. The maximum atomic E-state index is 5.47.